The Labute approximate surface area is 145 Å². The van der Waals surface area contributed by atoms with E-state index in [4.69, 9.17) is 5.73 Å². The Morgan fingerprint density at radius 1 is 1.21 bits per heavy atom. The highest BCUT2D eigenvalue weighted by atomic mass is 16.3. The van der Waals surface area contributed by atoms with Crippen LogP contribution < -0.4 is 11.1 Å². The van der Waals surface area contributed by atoms with Crippen LogP contribution in [0.3, 0.4) is 0 Å². The molecule has 1 fully saturated rings. The van der Waals surface area contributed by atoms with E-state index in [-0.39, 0.29) is 5.41 Å². The number of carbonyl (C=O) groups is 1. The van der Waals surface area contributed by atoms with Gasteiger partial charge in [-0.15, -0.1) is 0 Å². The smallest absolute Gasteiger partial charge is 0.254 e. The van der Waals surface area contributed by atoms with Gasteiger partial charge in [-0.25, -0.2) is 0 Å². The van der Waals surface area contributed by atoms with E-state index in [1.54, 1.807) is 0 Å². The van der Waals surface area contributed by atoms with Crippen molar-refractivity contribution in [2.45, 2.75) is 76.9 Å². The molecule has 0 heterocycles. The lowest BCUT2D eigenvalue weighted by atomic mass is 9.84. The third kappa shape index (κ3) is 5.32. The summed E-state index contributed by atoms with van der Waals surface area (Å²) in [5.41, 5.74) is 8.04. The summed E-state index contributed by atoms with van der Waals surface area (Å²) in [4.78, 5) is 12.2. The van der Waals surface area contributed by atoms with Crippen molar-refractivity contribution in [2.24, 2.45) is 11.7 Å². The number of aliphatic hydroxyl groups is 1. The Morgan fingerprint density at radius 2 is 1.79 bits per heavy atom. The Balaban J connectivity index is 1.88. The van der Waals surface area contributed by atoms with E-state index in [9.17, 15) is 9.90 Å². The molecule has 2 atom stereocenters. The number of amides is 1. The Hall–Kier alpha value is -1.39. The van der Waals surface area contributed by atoms with E-state index in [1.807, 2.05) is 24.3 Å². The van der Waals surface area contributed by atoms with E-state index in [2.05, 4.69) is 26.1 Å². The van der Waals surface area contributed by atoms with Crippen LogP contribution in [0.2, 0.25) is 0 Å². The number of nitrogens with two attached hydrogens (primary N) is 1. The highest BCUT2D eigenvalue weighted by molar-refractivity contribution is 5.94. The summed E-state index contributed by atoms with van der Waals surface area (Å²) in [7, 11) is 0. The van der Waals surface area contributed by atoms with Gasteiger partial charge in [-0.05, 0) is 35.4 Å². The van der Waals surface area contributed by atoms with Gasteiger partial charge in [0.1, 0.15) is 6.10 Å². The van der Waals surface area contributed by atoms with Gasteiger partial charge in [0, 0.05) is 11.7 Å². The molecular formula is C20H32N2O2. The Morgan fingerprint density at radius 3 is 2.33 bits per heavy atom. The number of carbonyl (C=O) groups excluding carboxylic acids is 1. The van der Waals surface area contributed by atoms with Crippen molar-refractivity contribution in [1.82, 2.24) is 0 Å². The number of benzene rings is 1. The van der Waals surface area contributed by atoms with Gasteiger partial charge in [0.15, 0.2) is 0 Å². The molecule has 0 bridgehead atoms. The van der Waals surface area contributed by atoms with E-state index >= 15 is 0 Å². The maximum absolute atomic E-state index is 12.2. The summed E-state index contributed by atoms with van der Waals surface area (Å²) < 4.78 is 0. The van der Waals surface area contributed by atoms with Crippen LogP contribution in [0.25, 0.3) is 0 Å². The molecule has 4 heteroatoms. The molecule has 24 heavy (non-hydrogen) atoms. The second-order valence-electron chi connectivity index (χ2n) is 8.17. The van der Waals surface area contributed by atoms with Crippen LogP contribution in [0.15, 0.2) is 24.3 Å². The predicted octanol–water partition coefficient (Wildman–Crippen LogP) is 3.58. The minimum absolute atomic E-state index is 0.0738. The van der Waals surface area contributed by atoms with Crippen molar-refractivity contribution < 1.29 is 9.90 Å². The monoisotopic (exact) mass is 332 g/mol. The van der Waals surface area contributed by atoms with E-state index in [0.717, 1.165) is 19.3 Å². The minimum Gasteiger partial charge on any atom is -0.382 e. The second-order valence-corrected chi connectivity index (χ2v) is 8.17. The maximum Gasteiger partial charge on any atom is 0.254 e. The molecule has 1 saturated carbocycles. The molecule has 1 aliphatic carbocycles. The highest BCUT2D eigenvalue weighted by Gasteiger charge is 2.26. The molecule has 0 spiro atoms. The summed E-state index contributed by atoms with van der Waals surface area (Å²) >= 11 is 0. The van der Waals surface area contributed by atoms with Gasteiger partial charge in [0.05, 0.1) is 0 Å². The molecule has 0 aliphatic heterocycles. The average molecular weight is 332 g/mol. The normalized spacial score (nSPS) is 18.9. The van der Waals surface area contributed by atoms with Crippen LogP contribution in [0.1, 0.15) is 64.9 Å². The number of aliphatic hydroxyl groups excluding tert-OH is 1. The SMILES string of the molecule is CC(C)(C)c1ccc(NC(=O)C(O)[C@H](N)CC2CCCCC2)cc1. The fraction of sp³-hybridized carbons (Fsp3) is 0.650. The first-order valence-electron chi connectivity index (χ1n) is 9.12. The van der Waals surface area contributed by atoms with Crippen LogP contribution in [0.4, 0.5) is 5.69 Å². The molecule has 2 rings (SSSR count). The van der Waals surface area contributed by atoms with Gasteiger partial charge in [-0.1, -0.05) is 65.0 Å². The van der Waals surface area contributed by atoms with Crippen molar-refractivity contribution >= 4 is 11.6 Å². The molecule has 1 aromatic rings. The van der Waals surface area contributed by atoms with E-state index < -0.39 is 18.1 Å². The van der Waals surface area contributed by atoms with Crippen LogP contribution >= 0.6 is 0 Å². The summed E-state index contributed by atoms with van der Waals surface area (Å²) in [6.45, 7) is 6.44. The van der Waals surface area contributed by atoms with E-state index in [1.165, 1.54) is 24.8 Å². The first kappa shape index (κ1) is 18.9. The second kappa shape index (κ2) is 8.13. The lowest BCUT2D eigenvalue weighted by Gasteiger charge is -2.26. The van der Waals surface area contributed by atoms with Crippen molar-refractivity contribution in [1.29, 1.82) is 0 Å². The number of anilines is 1. The van der Waals surface area contributed by atoms with Crippen LogP contribution in [0, 0.1) is 5.92 Å². The first-order chi connectivity index (χ1) is 11.3. The van der Waals surface area contributed by atoms with Crippen molar-refractivity contribution in [2.75, 3.05) is 5.32 Å². The third-order valence-electron chi connectivity index (χ3n) is 5.02. The molecule has 0 aromatic heterocycles. The quantitative estimate of drug-likeness (QED) is 0.771. The van der Waals surface area contributed by atoms with Gasteiger partial charge < -0.3 is 16.2 Å². The number of rotatable bonds is 5. The molecular weight excluding hydrogens is 300 g/mol. The molecule has 4 N–H and O–H groups in total. The summed E-state index contributed by atoms with van der Waals surface area (Å²) in [6, 6.07) is 7.26. The zero-order chi connectivity index (χ0) is 17.7. The zero-order valence-corrected chi connectivity index (χ0v) is 15.2. The van der Waals surface area contributed by atoms with Crippen LogP contribution in [-0.4, -0.2) is 23.2 Å². The van der Waals surface area contributed by atoms with Crippen molar-refractivity contribution in [3.8, 4) is 0 Å². The van der Waals surface area contributed by atoms with Gasteiger partial charge in [-0.2, -0.15) is 0 Å². The lowest BCUT2D eigenvalue weighted by Crippen LogP contribution is -2.44. The lowest BCUT2D eigenvalue weighted by molar-refractivity contribution is -0.125. The number of nitrogens with one attached hydrogen (secondary N) is 1. The van der Waals surface area contributed by atoms with Crippen LogP contribution in [0.5, 0.6) is 0 Å². The fourth-order valence-electron chi connectivity index (χ4n) is 3.40. The molecule has 0 saturated heterocycles. The van der Waals surface area contributed by atoms with Gasteiger partial charge >= 0.3 is 0 Å². The summed E-state index contributed by atoms with van der Waals surface area (Å²) in [6.07, 6.45) is 5.65. The Kier molecular flexibility index (Phi) is 6.41. The highest BCUT2D eigenvalue weighted by Crippen LogP contribution is 2.28. The van der Waals surface area contributed by atoms with Crippen molar-refractivity contribution in [3.05, 3.63) is 29.8 Å². The zero-order valence-electron chi connectivity index (χ0n) is 15.2. The number of hydrogen-bond donors (Lipinski definition) is 3. The minimum atomic E-state index is -1.16. The molecule has 0 radical (unpaired) electrons. The topological polar surface area (TPSA) is 75.3 Å². The van der Waals surface area contributed by atoms with E-state index in [0.29, 0.717) is 11.6 Å². The molecule has 134 valence electrons. The van der Waals surface area contributed by atoms with Gasteiger partial charge in [0.25, 0.3) is 5.91 Å². The summed E-state index contributed by atoms with van der Waals surface area (Å²) in [5.74, 6) is 0.129. The molecule has 1 unspecified atom stereocenters. The van der Waals surface area contributed by atoms with Gasteiger partial charge in [-0.3, -0.25) is 4.79 Å². The Bertz CT molecular complexity index is 528. The van der Waals surface area contributed by atoms with Gasteiger partial charge in [0.2, 0.25) is 0 Å². The molecule has 1 amide bonds. The molecule has 1 aromatic carbocycles. The average Bonchev–Trinajstić information content (AvgIpc) is 2.54. The predicted molar refractivity (Wildman–Crippen MR) is 98.9 cm³/mol. The van der Waals surface area contributed by atoms with Crippen molar-refractivity contribution in [3.63, 3.8) is 0 Å². The summed E-state index contributed by atoms with van der Waals surface area (Å²) in [5, 5.41) is 13.0. The molecule has 4 nitrogen and oxygen atoms in total. The number of hydrogen-bond acceptors (Lipinski definition) is 3. The maximum atomic E-state index is 12.2. The standard InChI is InChI=1S/C20H32N2O2/c1-20(2,3)15-9-11-16(12-10-15)22-19(24)18(23)17(21)13-14-7-5-4-6-8-14/h9-12,14,17-18,23H,4-8,13,21H2,1-3H3,(H,22,24)/t17-,18?/m1/s1. The third-order valence-corrected chi connectivity index (χ3v) is 5.02. The largest absolute Gasteiger partial charge is 0.382 e. The van der Waals surface area contributed by atoms with Crippen LogP contribution in [-0.2, 0) is 10.2 Å². The molecule has 1 aliphatic rings. The first-order valence-corrected chi connectivity index (χ1v) is 9.12. The fourth-order valence-corrected chi connectivity index (χ4v) is 3.40.